The number of nitrogens with one attached hydrogen (secondary N) is 3. The van der Waals surface area contributed by atoms with E-state index in [1.165, 1.54) is 19.4 Å². The van der Waals surface area contributed by atoms with Gasteiger partial charge in [0.15, 0.2) is 6.61 Å². The lowest BCUT2D eigenvalue weighted by molar-refractivity contribution is -0.192. The maximum atomic E-state index is 12.6. The largest absolute Gasteiger partial charge is 0.490 e. The van der Waals surface area contributed by atoms with Gasteiger partial charge in [0, 0.05) is 11.8 Å². The summed E-state index contributed by atoms with van der Waals surface area (Å²) in [7, 11) is -2.65. The van der Waals surface area contributed by atoms with Crippen LogP contribution in [0, 0.1) is 11.3 Å². The first-order chi connectivity index (χ1) is 18.5. The summed E-state index contributed by atoms with van der Waals surface area (Å²) in [5.41, 5.74) is 1.07. The molecule has 0 spiro atoms. The van der Waals surface area contributed by atoms with Crippen LogP contribution >= 0.6 is 0 Å². The second-order valence-corrected chi connectivity index (χ2v) is 9.19. The molecule has 3 rings (SSSR count). The summed E-state index contributed by atoms with van der Waals surface area (Å²) in [6, 6.07) is 13.4. The topological polar surface area (TPSA) is 166 Å². The number of nitrogens with zero attached hydrogens (tertiary/aromatic N) is 3. The third kappa shape index (κ3) is 9.92. The van der Waals surface area contributed by atoms with Crippen LogP contribution < -0.4 is 20.1 Å². The molecule has 0 saturated heterocycles. The second kappa shape index (κ2) is 12.9. The number of nitriles is 1. The van der Waals surface area contributed by atoms with Crippen LogP contribution in [0.4, 0.5) is 49.4 Å². The molecule has 2 aromatic carbocycles. The smallest absolute Gasteiger partial charge is 0.482 e. The van der Waals surface area contributed by atoms with Crippen molar-refractivity contribution in [3.63, 3.8) is 0 Å². The molecule has 0 unspecified atom stereocenters. The molecular weight excluding hydrogens is 574 g/mol. The van der Waals surface area contributed by atoms with Gasteiger partial charge in [0.2, 0.25) is 10.0 Å². The van der Waals surface area contributed by atoms with Crippen molar-refractivity contribution in [1.29, 1.82) is 5.26 Å². The number of aliphatic carboxylic acids is 1. The van der Waals surface area contributed by atoms with E-state index >= 15 is 0 Å². The Hall–Kier alpha value is -4.63. The van der Waals surface area contributed by atoms with E-state index in [-0.39, 0.29) is 22.2 Å². The van der Waals surface area contributed by atoms with E-state index in [2.05, 4.69) is 25.3 Å². The summed E-state index contributed by atoms with van der Waals surface area (Å²) in [4.78, 5) is 16.8. The molecule has 18 heteroatoms. The van der Waals surface area contributed by atoms with Crippen molar-refractivity contribution in [2.24, 2.45) is 0 Å². The normalized spacial score (nSPS) is 11.4. The van der Waals surface area contributed by atoms with E-state index in [1.807, 2.05) is 6.07 Å². The van der Waals surface area contributed by atoms with Crippen LogP contribution in [0.5, 0.6) is 5.75 Å². The number of anilines is 4. The van der Waals surface area contributed by atoms with Crippen molar-refractivity contribution < 1.29 is 49.4 Å². The van der Waals surface area contributed by atoms with Crippen molar-refractivity contribution in [2.45, 2.75) is 17.2 Å². The van der Waals surface area contributed by atoms with E-state index in [4.69, 9.17) is 19.9 Å². The highest BCUT2D eigenvalue weighted by molar-refractivity contribution is 7.89. The maximum Gasteiger partial charge on any atom is 0.490 e. The Morgan fingerprint density at radius 1 is 1.00 bits per heavy atom. The lowest BCUT2D eigenvalue weighted by Gasteiger charge is -2.16. The van der Waals surface area contributed by atoms with Gasteiger partial charge in [-0.25, -0.2) is 27.9 Å². The molecule has 3 aromatic rings. The minimum atomic E-state index is -5.08. The molecular formula is C22H18F6N6O5S. The average Bonchev–Trinajstić information content (AvgIpc) is 2.88. The Labute approximate surface area is 222 Å². The minimum Gasteiger partial charge on any atom is -0.482 e. The van der Waals surface area contributed by atoms with E-state index in [0.717, 1.165) is 18.2 Å². The number of rotatable bonds is 8. The molecule has 4 N–H and O–H groups in total. The second-order valence-electron chi connectivity index (χ2n) is 7.30. The Morgan fingerprint density at radius 3 is 2.08 bits per heavy atom. The summed E-state index contributed by atoms with van der Waals surface area (Å²) < 4.78 is 101. The third-order valence-corrected chi connectivity index (χ3v) is 5.79. The number of alkyl halides is 6. The molecule has 0 saturated carbocycles. The molecule has 1 heterocycles. The molecule has 0 bridgehead atoms. The van der Waals surface area contributed by atoms with Crippen molar-refractivity contribution in [1.82, 2.24) is 14.7 Å². The average molecular weight is 592 g/mol. The maximum absolute atomic E-state index is 12.6. The fourth-order valence-electron chi connectivity index (χ4n) is 2.59. The number of aromatic nitrogens is 2. The predicted octanol–water partition coefficient (Wildman–Crippen LogP) is 4.32. The summed E-state index contributed by atoms with van der Waals surface area (Å²) in [6.45, 7) is -1.56. The van der Waals surface area contributed by atoms with Gasteiger partial charge >= 0.3 is 18.3 Å². The first kappa shape index (κ1) is 31.6. The first-order valence-electron chi connectivity index (χ1n) is 10.5. The Balaban J connectivity index is 0.000000708. The van der Waals surface area contributed by atoms with Gasteiger partial charge in [-0.1, -0.05) is 0 Å². The Bertz CT molecular complexity index is 1480. The van der Waals surface area contributed by atoms with Crippen LogP contribution in [0.3, 0.4) is 0 Å². The first-order valence-corrected chi connectivity index (χ1v) is 12.0. The number of ether oxygens (including phenoxy) is 1. The lowest BCUT2D eigenvalue weighted by Crippen LogP contribution is -2.21. The van der Waals surface area contributed by atoms with Crippen molar-refractivity contribution >= 4 is 39.0 Å². The number of carboxylic acid groups (broad SMARTS) is 1. The van der Waals surface area contributed by atoms with Crippen molar-refractivity contribution in [3.8, 4) is 11.8 Å². The van der Waals surface area contributed by atoms with Gasteiger partial charge < -0.3 is 20.5 Å². The fourth-order valence-corrected chi connectivity index (χ4v) is 3.34. The Kier molecular flexibility index (Phi) is 10.2. The zero-order chi connectivity index (χ0) is 30.1. The zero-order valence-electron chi connectivity index (χ0n) is 20.0. The van der Waals surface area contributed by atoms with Gasteiger partial charge in [0.25, 0.3) is 0 Å². The minimum absolute atomic E-state index is 0.0430. The van der Waals surface area contributed by atoms with Gasteiger partial charge in [-0.2, -0.15) is 31.6 Å². The fraction of sp³-hybridized carbons (Fsp3) is 0.182. The van der Waals surface area contributed by atoms with E-state index in [9.17, 15) is 34.8 Å². The van der Waals surface area contributed by atoms with Crippen LogP contribution in [0.2, 0.25) is 0 Å². The van der Waals surface area contributed by atoms with Gasteiger partial charge in [-0.3, -0.25) is 0 Å². The van der Waals surface area contributed by atoms with Crippen LogP contribution in [0.25, 0.3) is 0 Å². The molecule has 0 amide bonds. The van der Waals surface area contributed by atoms with Gasteiger partial charge in [0.1, 0.15) is 23.7 Å². The highest BCUT2D eigenvalue weighted by Crippen LogP contribution is 2.32. The predicted molar refractivity (Wildman–Crippen MR) is 128 cm³/mol. The molecule has 1 aromatic heterocycles. The van der Waals surface area contributed by atoms with Crippen molar-refractivity contribution in [3.05, 3.63) is 60.4 Å². The quantitative estimate of drug-likeness (QED) is 0.277. The molecule has 0 aliphatic heterocycles. The highest BCUT2D eigenvalue weighted by Gasteiger charge is 2.38. The molecule has 0 aliphatic carbocycles. The monoisotopic (exact) mass is 592 g/mol. The van der Waals surface area contributed by atoms with Crippen molar-refractivity contribution in [2.75, 3.05) is 24.3 Å². The highest BCUT2D eigenvalue weighted by atomic mass is 32.2. The number of sulfonamides is 1. The van der Waals surface area contributed by atoms with Gasteiger partial charge in [-0.05, 0) is 49.5 Å². The molecule has 11 nitrogen and oxygen atoms in total. The number of hydrogen-bond donors (Lipinski definition) is 4. The molecule has 0 aliphatic rings. The molecule has 214 valence electrons. The lowest BCUT2D eigenvalue weighted by atomic mass is 10.2. The summed E-state index contributed by atoms with van der Waals surface area (Å²) in [6.07, 6.45) is -8.46. The summed E-state index contributed by atoms with van der Waals surface area (Å²) >= 11 is 0. The third-order valence-electron chi connectivity index (χ3n) is 4.38. The molecule has 0 fully saturated rings. The van der Waals surface area contributed by atoms with E-state index in [0.29, 0.717) is 17.1 Å². The number of carboxylic acids is 1. The van der Waals surface area contributed by atoms with E-state index in [1.54, 1.807) is 24.3 Å². The molecule has 0 atom stereocenters. The van der Waals surface area contributed by atoms with Crippen LogP contribution in [-0.2, 0) is 14.8 Å². The number of carbonyl (C=O) groups is 1. The van der Waals surface area contributed by atoms with E-state index < -0.39 is 35.0 Å². The summed E-state index contributed by atoms with van der Waals surface area (Å²) in [5.74, 6) is -2.47. The van der Waals surface area contributed by atoms with Crippen LogP contribution in [-0.4, -0.2) is 55.5 Å². The van der Waals surface area contributed by atoms with Crippen LogP contribution in [0.1, 0.15) is 5.56 Å². The zero-order valence-corrected chi connectivity index (χ0v) is 20.8. The Morgan fingerprint density at radius 2 is 1.57 bits per heavy atom. The number of benzene rings is 2. The molecule has 0 radical (unpaired) electrons. The number of hydrogen-bond acceptors (Lipinski definition) is 9. The number of halogens is 6. The van der Waals surface area contributed by atoms with Gasteiger partial charge in [0.05, 0.1) is 22.2 Å². The van der Waals surface area contributed by atoms with Crippen LogP contribution in [0.15, 0.2) is 59.8 Å². The SMILES string of the molecule is CNS(=O)(=O)c1ccc(OCC(F)(F)F)c(Nc2cc(Nc3ccc(C#N)cc3)ncn2)c1.O=C(O)C(F)(F)F. The molecule has 40 heavy (non-hydrogen) atoms. The standard InChI is InChI=1S/C20H17F3N6O3S.C2HF3O2/c1-25-33(30,31)15-6-7-17(32-11-20(21,22)23)16(8-15)29-19-9-18(26-12-27-19)28-14-4-2-13(10-24)3-5-14;3-2(4,5)1(6)7/h2-9,12,25H,11H2,1H3,(H2,26,27,28,29);(H,6,7). The summed E-state index contributed by atoms with van der Waals surface area (Å²) in [5, 5.41) is 21.8. The van der Waals surface area contributed by atoms with Gasteiger partial charge in [-0.15, -0.1) is 0 Å².